The molecular weight excluding hydrogens is 306 g/mol. The summed E-state index contributed by atoms with van der Waals surface area (Å²) in [7, 11) is -3.19. The molecule has 0 amide bonds. The molecule has 0 unspecified atom stereocenters. The van der Waals surface area contributed by atoms with E-state index in [2.05, 4.69) is 4.98 Å². The molecule has 4 rings (SSSR count). The number of aromatic nitrogens is 1. The Hall–Kier alpha value is -2.20. The summed E-state index contributed by atoms with van der Waals surface area (Å²) < 4.78 is 25.8. The number of hydrogen-bond acceptors (Lipinski definition) is 3. The Morgan fingerprint density at radius 3 is 2.52 bits per heavy atom. The fraction of sp³-hybridized carbons (Fsp3) is 0.211. The van der Waals surface area contributed by atoms with Gasteiger partial charge in [0.25, 0.3) is 0 Å². The van der Waals surface area contributed by atoms with Crippen molar-refractivity contribution in [2.24, 2.45) is 0 Å². The van der Waals surface area contributed by atoms with Crippen molar-refractivity contribution in [3.8, 4) is 0 Å². The Bertz CT molecular complexity index is 960. The number of sulfone groups is 1. The van der Waals surface area contributed by atoms with Gasteiger partial charge in [-0.1, -0.05) is 36.4 Å². The van der Waals surface area contributed by atoms with Crippen LogP contribution >= 0.6 is 0 Å². The molecule has 0 aliphatic heterocycles. The maximum absolute atomic E-state index is 12.9. The van der Waals surface area contributed by atoms with Crippen molar-refractivity contribution in [2.45, 2.75) is 18.1 Å². The van der Waals surface area contributed by atoms with Crippen LogP contribution in [0.5, 0.6) is 0 Å². The van der Waals surface area contributed by atoms with Gasteiger partial charge in [0.2, 0.25) is 0 Å². The molecule has 1 aromatic heterocycles. The standard InChI is InChI=1S/C19H17NO2S/c21-23(22,12-9-14-7-10-20-11-8-14)18-13-16-5-1-3-15-4-2-6-17(18)19(15)16/h1-8,10-11,18H,9,12-13H2/t18-/m1/s1. The first-order chi connectivity index (χ1) is 11.1. The number of pyridine rings is 1. The minimum absolute atomic E-state index is 0.173. The quantitative estimate of drug-likeness (QED) is 0.738. The van der Waals surface area contributed by atoms with Crippen LogP contribution in [0.2, 0.25) is 0 Å². The zero-order valence-corrected chi connectivity index (χ0v) is 13.5. The molecule has 3 nitrogen and oxygen atoms in total. The maximum atomic E-state index is 12.9. The minimum atomic E-state index is -3.19. The van der Waals surface area contributed by atoms with Crippen LogP contribution in [0.15, 0.2) is 60.9 Å². The second-order valence-electron chi connectivity index (χ2n) is 6.03. The van der Waals surface area contributed by atoms with E-state index in [1.807, 2.05) is 48.5 Å². The highest BCUT2D eigenvalue weighted by molar-refractivity contribution is 7.91. The second-order valence-corrected chi connectivity index (χ2v) is 8.33. The van der Waals surface area contributed by atoms with E-state index in [1.54, 1.807) is 12.4 Å². The van der Waals surface area contributed by atoms with Crippen LogP contribution in [0, 0.1) is 0 Å². The van der Waals surface area contributed by atoms with Crippen LogP contribution in [0.1, 0.15) is 21.9 Å². The van der Waals surface area contributed by atoms with Crippen LogP contribution in [0.3, 0.4) is 0 Å². The second kappa shape index (κ2) is 5.46. The molecule has 23 heavy (non-hydrogen) atoms. The van der Waals surface area contributed by atoms with Crippen LogP contribution in [-0.2, 0) is 22.7 Å². The summed E-state index contributed by atoms with van der Waals surface area (Å²) in [6.07, 6.45) is 4.53. The predicted octanol–water partition coefficient (Wildman–Crippen LogP) is 3.49. The monoisotopic (exact) mass is 323 g/mol. The van der Waals surface area contributed by atoms with Gasteiger partial charge in [-0.3, -0.25) is 4.98 Å². The number of aryl methyl sites for hydroxylation is 1. The van der Waals surface area contributed by atoms with Gasteiger partial charge in [0.15, 0.2) is 9.84 Å². The highest BCUT2D eigenvalue weighted by atomic mass is 32.2. The SMILES string of the molecule is O=S(=O)(CCc1ccncc1)[C@@H]1Cc2cccc3cccc1c23. The predicted molar refractivity (Wildman–Crippen MR) is 92.1 cm³/mol. The first-order valence-corrected chi connectivity index (χ1v) is 9.48. The zero-order valence-electron chi connectivity index (χ0n) is 12.6. The number of rotatable bonds is 4. The summed E-state index contributed by atoms with van der Waals surface area (Å²) in [5.74, 6) is 0.173. The maximum Gasteiger partial charge on any atom is 0.157 e. The molecule has 0 saturated heterocycles. The molecule has 0 radical (unpaired) electrons. The third-order valence-corrected chi connectivity index (χ3v) is 6.69. The van der Waals surface area contributed by atoms with Gasteiger partial charge >= 0.3 is 0 Å². The van der Waals surface area contributed by atoms with Crippen molar-refractivity contribution in [1.29, 1.82) is 0 Å². The van der Waals surface area contributed by atoms with Gasteiger partial charge in [-0.25, -0.2) is 8.42 Å². The van der Waals surface area contributed by atoms with Gasteiger partial charge in [-0.15, -0.1) is 0 Å². The van der Waals surface area contributed by atoms with Crippen LogP contribution in [-0.4, -0.2) is 19.2 Å². The number of nitrogens with zero attached hydrogens (tertiary/aromatic N) is 1. The smallest absolute Gasteiger partial charge is 0.157 e. The Balaban J connectivity index is 1.65. The van der Waals surface area contributed by atoms with Crippen LogP contribution < -0.4 is 0 Å². The lowest BCUT2D eigenvalue weighted by Crippen LogP contribution is -2.18. The van der Waals surface area contributed by atoms with Gasteiger partial charge in [0, 0.05) is 12.4 Å². The average Bonchev–Trinajstić information content (AvgIpc) is 2.96. The summed E-state index contributed by atoms with van der Waals surface area (Å²) in [6.45, 7) is 0. The van der Waals surface area contributed by atoms with E-state index in [0.29, 0.717) is 12.8 Å². The molecule has 0 fully saturated rings. The lowest BCUT2D eigenvalue weighted by molar-refractivity contribution is 0.582. The normalized spacial score (nSPS) is 16.8. The lowest BCUT2D eigenvalue weighted by Gasteiger charge is -2.13. The van der Waals surface area contributed by atoms with Gasteiger partial charge in [-0.2, -0.15) is 0 Å². The summed E-state index contributed by atoms with van der Waals surface area (Å²) in [4.78, 5) is 3.97. The zero-order chi connectivity index (χ0) is 15.9. The molecule has 1 heterocycles. The molecule has 4 heteroatoms. The minimum Gasteiger partial charge on any atom is -0.265 e. The molecule has 1 aliphatic carbocycles. The van der Waals surface area contributed by atoms with E-state index in [0.717, 1.165) is 27.5 Å². The van der Waals surface area contributed by atoms with Gasteiger partial charge in [0.1, 0.15) is 0 Å². The van der Waals surface area contributed by atoms with E-state index in [4.69, 9.17) is 0 Å². The molecule has 0 saturated carbocycles. The molecule has 1 atom stereocenters. The van der Waals surface area contributed by atoms with Gasteiger partial charge < -0.3 is 0 Å². The Kier molecular flexibility index (Phi) is 3.42. The Morgan fingerprint density at radius 2 is 1.74 bits per heavy atom. The van der Waals surface area contributed by atoms with E-state index in [-0.39, 0.29) is 5.75 Å². The lowest BCUT2D eigenvalue weighted by atomic mass is 10.1. The van der Waals surface area contributed by atoms with Gasteiger partial charge in [-0.05, 0) is 52.4 Å². The highest BCUT2D eigenvalue weighted by Gasteiger charge is 2.33. The fourth-order valence-corrected chi connectivity index (χ4v) is 5.29. The van der Waals surface area contributed by atoms with Gasteiger partial charge in [0.05, 0.1) is 11.0 Å². The molecular formula is C19H17NO2S. The first-order valence-electron chi connectivity index (χ1n) is 7.76. The molecule has 116 valence electrons. The third kappa shape index (κ3) is 2.53. The summed E-state index contributed by atoms with van der Waals surface area (Å²) in [5, 5.41) is 1.85. The molecule has 0 N–H and O–H groups in total. The summed E-state index contributed by atoms with van der Waals surface area (Å²) >= 11 is 0. The van der Waals surface area contributed by atoms with Crippen molar-refractivity contribution in [2.75, 3.05) is 5.75 Å². The van der Waals surface area contributed by atoms with E-state index in [1.165, 1.54) is 0 Å². The topological polar surface area (TPSA) is 47.0 Å². The van der Waals surface area contributed by atoms with Crippen molar-refractivity contribution < 1.29 is 8.42 Å². The van der Waals surface area contributed by atoms with Crippen molar-refractivity contribution in [1.82, 2.24) is 4.98 Å². The summed E-state index contributed by atoms with van der Waals surface area (Å²) in [5.41, 5.74) is 3.13. The molecule has 0 bridgehead atoms. The molecule has 1 aliphatic rings. The summed E-state index contributed by atoms with van der Waals surface area (Å²) in [6, 6.07) is 15.8. The van der Waals surface area contributed by atoms with E-state index < -0.39 is 15.1 Å². The number of benzene rings is 2. The Labute approximate surface area is 135 Å². The third-order valence-electron chi connectivity index (χ3n) is 4.63. The fourth-order valence-electron chi connectivity index (χ4n) is 3.47. The molecule has 0 spiro atoms. The number of hydrogen-bond donors (Lipinski definition) is 0. The van der Waals surface area contributed by atoms with E-state index >= 15 is 0 Å². The molecule has 2 aromatic carbocycles. The average molecular weight is 323 g/mol. The van der Waals surface area contributed by atoms with E-state index in [9.17, 15) is 8.42 Å². The first kappa shape index (κ1) is 14.4. The molecule has 3 aromatic rings. The van der Waals surface area contributed by atoms with Crippen LogP contribution in [0.4, 0.5) is 0 Å². The largest absolute Gasteiger partial charge is 0.265 e. The van der Waals surface area contributed by atoms with Crippen molar-refractivity contribution in [3.05, 3.63) is 77.6 Å². The highest BCUT2D eigenvalue weighted by Crippen LogP contribution is 2.41. The van der Waals surface area contributed by atoms with Crippen LogP contribution in [0.25, 0.3) is 10.8 Å². The van der Waals surface area contributed by atoms with Crippen molar-refractivity contribution in [3.63, 3.8) is 0 Å². The Morgan fingerprint density at radius 1 is 1.00 bits per heavy atom. The van der Waals surface area contributed by atoms with Crippen molar-refractivity contribution >= 4 is 20.6 Å².